The highest BCUT2D eigenvalue weighted by Crippen LogP contribution is 2.13. The largest absolute Gasteiger partial charge is 0.336 e. The first kappa shape index (κ1) is 11.2. The number of hydrogen-bond donors (Lipinski definition) is 2. The molecule has 1 aromatic heterocycles. The van der Waals surface area contributed by atoms with Crippen molar-refractivity contribution < 1.29 is 4.79 Å². The molecule has 2 rings (SSSR count). The first-order chi connectivity index (χ1) is 7.72. The Labute approximate surface area is 98.3 Å². The van der Waals surface area contributed by atoms with Gasteiger partial charge in [-0.3, -0.25) is 9.59 Å². The van der Waals surface area contributed by atoms with Crippen molar-refractivity contribution in [3.63, 3.8) is 0 Å². The van der Waals surface area contributed by atoms with Gasteiger partial charge in [0.1, 0.15) is 0 Å². The zero-order chi connectivity index (χ0) is 11.5. The van der Waals surface area contributed by atoms with Gasteiger partial charge >= 0.3 is 0 Å². The average Bonchev–Trinajstić information content (AvgIpc) is 2.29. The van der Waals surface area contributed by atoms with Crippen LogP contribution in [0.25, 0.3) is 0 Å². The number of aromatic nitrogens is 2. The van der Waals surface area contributed by atoms with Gasteiger partial charge in [0, 0.05) is 18.5 Å². The fourth-order valence-corrected chi connectivity index (χ4v) is 2.02. The van der Waals surface area contributed by atoms with Gasteiger partial charge in [-0.15, -0.1) is 0 Å². The van der Waals surface area contributed by atoms with Gasteiger partial charge < -0.3 is 9.88 Å². The van der Waals surface area contributed by atoms with Crippen molar-refractivity contribution in [3.05, 3.63) is 27.9 Å². The van der Waals surface area contributed by atoms with E-state index in [4.69, 9.17) is 0 Å². The van der Waals surface area contributed by atoms with Crippen LogP contribution in [0.3, 0.4) is 0 Å². The third kappa shape index (κ3) is 2.11. The monoisotopic (exact) mass is 239 g/mol. The molecule has 1 amide bonds. The second-order valence-electron chi connectivity index (χ2n) is 3.70. The summed E-state index contributed by atoms with van der Waals surface area (Å²) >= 11 is 4.03. The minimum absolute atomic E-state index is 0.0720. The Morgan fingerprint density at radius 1 is 1.62 bits per heavy atom. The predicted molar refractivity (Wildman–Crippen MR) is 62.4 cm³/mol. The summed E-state index contributed by atoms with van der Waals surface area (Å²) in [5.74, 6) is 0.619. The van der Waals surface area contributed by atoms with Gasteiger partial charge in [0.25, 0.3) is 5.56 Å². The van der Waals surface area contributed by atoms with E-state index >= 15 is 0 Å². The van der Waals surface area contributed by atoms with Crippen LogP contribution in [0.4, 0.5) is 0 Å². The molecular formula is C10H13N3O2S. The molecule has 16 heavy (non-hydrogen) atoms. The number of aromatic amines is 1. The van der Waals surface area contributed by atoms with E-state index in [1.807, 2.05) is 0 Å². The second kappa shape index (κ2) is 4.69. The minimum atomic E-state index is -0.0914. The van der Waals surface area contributed by atoms with Crippen LogP contribution in [0, 0.1) is 0 Å². The second-order valence-corrected chi connectivity index (χ2v) is 4.14. The van der Waals surface area contributed by atoms with Crippen molar-refractivity contribution in [2.45, 2.75) is 19.4 Å². The van der Waals surface area contributed by atoms with Crippen LogP contribution in [0.15, 0.2) is 11.1 Å². The summed E-state index contributed by atoms with van der Waals surface area (Å²) in [7, 11) is 0. The molecule has 0 bridgehead atoms. The van der Waals surface area contributed by atoms with Gasteiger partial charge in [-0.25, -0.2) is 4.98 Å². The molecule has 0 aliphatic carbocycles. The maximum Gasteiger partial charge on any atom is 0.254 e. The molecule has 1 N–H and O–H groups in total. The molecule has 0 saturated carbocycles. The van der Waals surface area contributed by atoms with Crippen LogP contribution in [-0.2, 0) is 17.8 Å². The minimum Gasteiger partial charge on any atom is -0.336 e. The molecule has 1 aliphatic rings. The fraction of sp³-hybridized carbons (Fsp3) is 0.500. The van der Waals surface area contributed by atoms with Gasteiger partial charge in [-0.2, -0.15) is 12.6 Å². The number of thiol groups is 1. The first-order valence-electron chi connectivity index (χ1n) is 5.16. The van der Waals surface area contributed by atoms with Crippen molar-refractivity contribution >= 4 is 18.5 Å². The van der Waals surface area contributed by atoms with Crippen LogP contribution in [-0.4, -0.2) is 33.1 Å². The predicted octanol–water partition coefficient (Wildman–Crippen LogP) is -0.0255. The molecule has 0 unspecified atom stereocenters. The highest BCUT2D eigenvalue weighted by Gasteiger charge is 2.22. The van der Waals surface area contributed by atoms with E-state index in [9.17, 15) is 9.59 Å². The highest BCUT2D eigenvalue weighted by molar-refractivity contribution is 7.80. The maximum atomic E-state index is 11.7. The smallest absolute Gasteiger partial charge is 0.254 e. The van der Waals surface area contributed by atoms with E-state index in [0.717, 1.165) is 0 Å². The lowest BCUT2D eigenvalue weighted by Crippen LogP contribution is -2.39. The lowest BCUT2D eigenvalue weighted by molar-refractivity contribution is -0.131. The molecule has 6 heteroatoms. The summed E-state index contributed by atoms with van der Waals surface area (Å²) in [6.07, 6.45) is 2.40. The number of fused-ring (bicyclic) bond motifs is 1. The summed E-state index contributed by atoms with van der Waals surface area (Å²) in [6.45, 7) is 1.03. The third-order valence-electron chi connectivity index (χ3n) is 2.69. The zero-order valence-corrected chi connectivity index (χ0v) is 9.67. The van der Waals surface area contributed by atoms with Gasteiger partial charge in [-0.1, -0.05) is 0 Å². The first-order valence-corrected chi connectivity index (χ1v) is 5.79. The van der Waals surface area contributed by atoms with Crippen LogP contribution in [0.5, 0.6) is 0 Å². The van der Waals surface area contributed by atoms with Crippen LogP contribution >= 0.6 is 12.6 Å². The number of nitrogens with one attached hydrogen (secondary N) is 1. The average molecular weight is 239 g/mol. The molecule has 0 fully saturated rings. The summed E-state index contributed by atoms with van der Waals surface area (Å²) in [5, 5.41) is 0. The van der Waals surface area contributed by atoms with Gasteiger partial charge in [-0.05, 0) is 12.2 Å². The molecule has 86 valence electrons. The zero-order valence-electron chi connectivity index (χ0n) is 8.77. The number of hydrogen-bond acceptors (Lipinski definition) is 4. The molecule has 2 heterocycles. The van der Waals surface area contributed by atoms with Crippen LogP contribution in [0.2, 0.25) is 0 Å². The van der Waals surface area contributed by atoms with E-state index in [1.165, 1.54) is 6.33 Å². The number of rotatable bonds is 2. The van der Waals surface area contributed by atoms with E-state index in [-0.39, 0.29) is 11.5 Å². The lowest BCUT2D eigenvalue weighted by Gasteiger charge is -2.27. The van der Waals surface area contributed by atoms with Crippen molar-refractivity contribution in [2.75, 3.05) is 12.3 Å². The number of H-pyrrole nitrogens is 1. The summed E-state index contributed by atoms with van der Waals surface area (Å²) in [6, 6.07) is 0. The Hall–Kier alpha value is -1.30. The number of nitrogens with zero attached hydrogens (tertiary/aromatic N) is 2. The molecule has 1 aliphatic heterocycles. The Morgan fingerprint density at radius 2 is 2.44 bits per heavy atom. The quantitative estimate of drug-likeness (QED) is 0.713. The van der Waals surface area contributed by atoms with E-state index in [0.29, 0.717) is 42.9 Å². The molecule has 0 radical (unpaired) electrons. The molecular weight excluding hydrogens is 226 g/mol. The highest BCUT2D eigenvalue weighted by atomic mass is 32.1. The van der Waals surface area contributed by atoms with Crippen molar-refractivity contribution in [2.24, 2.45) is 0 Å². The van der Waals surface area contributed by atoms with Gasteiger partial charge in [0.2, 0.25) is 5.91 Å². The lowest BCUT2D eigenvalue weighted by atomic mass is 10.1. The molecule has 5 nitrogen and oxygen atoms in total. The van der Waals surface area contributed by atoms with Gasteiger partial charge in [0.05, 0.1) is 18.6 Å². The summed E-state index contributed by atoms with van der Waals surface area (Å²) in [5.41, 5.74) is 1.33. The van der Waals surface area contributed by atoms with Crippen molar-refractivity contribution in [3.8, 4) is 0 Å². The number of amides is 1. The maximum absolute atomic E-state index is 11.7. The van der Waals surface area contributed by atoms with E-state index < -0.39 is 0 Å². The van der Waals surface area contributed by atoms with Crippen LogP contribution in [0.1, 0.15) is 17.7 Å². The van der Waals surface area contributed by atoms with Crippen molar-refractivity contribution in [1.29, 1.82) is 0 Å². The Balaban J connectivity index is 2.18. The fourth-order valence-electron chi connectivity index (χ4n) is 1.83. The summed E-state index contributed by atoms with van der Waals surface area (Å²) < 4.78 is 0. The molecule has 0 spiro atoms. The van der Waals surface area contributed by atoms with E-state index in [2.05, 4.69) is 22.6 Å². The molecule has 0 atom stereocenters. The third-order valence-corrected chi connectivity index (χ3v) is 2.91. The van der Waals surface area contributed by atoms with E-state index in [1.54, 1.807) is 4.90 Å². The standard InChI is InChI=1S/C10H13N3O2S/c14-9(2-4-16)13-3-1-7-8(5-13)11-6-12-10(7)15/h6,16H,1-5H2,(H,11,12,15). The SMILES string of the molecule is O=C(CCS)N1CCc2c(nc[nH]c2=O)C1. The Morgan fingerprint density at radius 3 is 3.19 bits per heavy atom. The normalized spacial score (nSPS) is 14.7. The topological polar surface area (TPSA) is 66.1 Å². The molecule has 0 aromatic carbocycles. The van der Waals surface area contributed by atoms with Gasteiger partial charge in [0.15, 0.2) is 0 Å². The molecule has 1 aromatic rings. The summed E-state index contributed by atoms with van der Waals surface area (Å²) in [4.78, 5) is 31.5. The molecule has 0 saturated heterocycles. The van der Waals surface area contributed by atoms with Crippen molar-refractivity contribution in [1.82, 2.24) is 14.9 Å². The Bertz CT molecular complexity index is 458. The number of carbonyl (C=O) groups excluding carboxylic acids is 1. The van der Waals surface area contributed by atoms with Crippen LogP contribution < -0.4 is 5.56 Å². The Kier molecular flexibility index (Phi) is 3.28. The number of carbonyl (C=O) groups is 1.